The smallest absolute Gasteiger partial charge is 0.191 e. The summed E-state index contributed by atoms with van der Waals surface area (Å²) in [6.07, 6.45) is 6.35. The summed E-state index contributed by atoms with van der Waals surface area (Å²) in [6, 6.07) is 0.330. The quantitative estimate of drug-likeness (QED) is 0.340. The number of thioether (sulfide) groups is 1. The highest BCUT2D eigenvalue weighted by atomic mass is 127. The molecule has 1 atom stereocenters. The minimum absolute atomic E-state index is 0. The first-order valence-electron chi connectivity index (χ1n) is 10.2. The van der Waals surface area contributed by atoms with Crippen molar-refractivity contribution in [3.63, 3.8) is 0 Å². The van der Waals surface area contributed by atoms with Crippen LogP contribution in [0.2, 0.25) is 0 Å². The van der Waals surface area contributed by atoms with E-state index >= 15 is 0 Å². The Hall–Kier alpha value is -0.550. The molecule has 160 valence electrons. The molecule has 7 nitrogen and oxygen atoms in total. The van der Waals surface area contributed by atoms with E-state index < -0.39 is 0 Å². The van der Waals surface area contributed by atoms with Crippen molar-refractivity contribution in [1.29, 1.82) is 0 Å². The molecule has 1 unspecified atom stereocenters. The van der Waals surface area contributed by atoms with Gasteiger partial charge >= 0.3 is 0 Å². The van der Waals surface area contributed by atoms with E-state index in [1.54, 1.807) is 0 Å². The second-order valence-electron chi connectivity index (χ2n) is 7.80. The molecule has 28 heavy (non-hydrogen) atoms. The van der Waals surface area contributed by atoms with E-state index in [-0.39, 0.29) is 28.7 Å². The van der Waals surface area contributed by atoms with Crippen LogP contribution in [0.15, 0.2) is 4.99 Å². The van der Waals surface area contributed by atoms with Crippen LogP contribution in [0.3, 0.4) is 0 Å². The zero-order valence-electron chi connectivity index (χ0n) is 17.5. The van der Waals surface area contributed by atoms with Gasteiger partial charge in [-0.25, -0.2) is 9.67 Å². The lowest BCUT2D eigenvalue weighted by molar-refractivity contribution is 0.0794. The molecular weight excluding hydrogens is 487 g/mol. The van der Waals surface area contributed by atoms with Crippen molar-refractivity contribution in [1.82, 2.24) is 25.4 Å². The lowest BCUT2D eigenvalue weighted by Crippen LogP contribution is -2.48. The third kappa shape index (κ3) is 5.98. The maximum atomic E-state index is 5.55. The van der Waals surface area contributed by atoms with Crippen molar-refractivity contribution in [2.45, 2.75) is 69.7 Å². The largest absolute Gasteiger partial charge is 0.381 e. The summed E-state index contributed by atoms with van der Waals surface area (Å²) in [6.45, 7) is 10.6. The lowest BCUT2D eigenvalue weighted by atomic mass is 9.99. The molecule has 0 saturated carbocycles. The van der Waals surface area contributed by atoms with Gasteiger partial charge in [-0.15, -0.1) is 24.0 Å². The van der Waals surface area contributed by atoms with Gasteiger partial charge in [-0.1, -0.05) is 13.8 Å². The van der Waals surface area contributed by atoms with Gasteiger partial charge in [0, 0.05) is 42.9 Å². The maximum absolute atomic E-state index is 5.55. The van der Waals surface area contributed by atoms with E-state index in [9.17, 15) is 0 Å². The average molecular weight is 523 g/mol. The predicted octanol–water partition coefficient (Wildman–Crippen LogP) is 2.80. The zero-order valence-corrected chi connectivity index (χ0v) is 20.7. The van der Waals surface area contributed by atoms with Crippen LogP contribution in [0.4, 0.5) is 0 Å². The van der Waals surface area contributed by atoms with E-state index in [4.69, 9.17) is 9.73 Å². The van der Waals surface area contributed by atoms with Gasteiger partial charge in [-0.05, 0) is 32.4 Å². The molecule has 1 aromatic rings. The van der Waals surface area contributed by atoms with Crippen LogP contribution in [-0.4, -0.2) is 64.1 Å². The number of halogens is 1. The molecule has 0 aromatic carbocycles. The van der Waals surface area contributed by atoms with Crippen molar-refractivity contribution in [2.75, 3.05) is 32.6 Å². The van der Waals surface area contributed by atoms with Crippen molar-refractivity contribution in [3.8, 4) is 0 Å². The van der Waals surface area contributed by atoms with Crippen LogP contribution in [0, 0.1) is 0 Å². The van der Waals surface area contributed by atoms with Gasteiger partial charge in [0.1, 0.15) is 5.82 Å². The van der Waals surface area contributed by atoms with Gasteiger partial charge in [0.25, 0.3) is 0 Å². The minimum atomic E-state index is 0. The molecule has 0 spiro atoms. The molecular formula is C19H35IN6OS. The minimum Gasteiger partial charge on any atom is -0.381 e. The summed E-state index contributed by atoms with van der Waals surface area (Å²) in [4.78, 5) is 9.62. The Kier molecular flexibility index (Phi) is 9.33. The van der Waals surface area contributed by atoms with Crippen molar-refractivity contribution >= 4 is 41.7 Å². The van der Waals surface area contributed by atoms with E-state index in [1.807, 2.05) is 11.8 Å². The van der Waals surface area contributed by atoms with Gasteiger partial charge in [0.15, 0.2) is 11.8 Å². The number of hydrogen-bond acceptors (Lipinski definition) is 5. The Bertz CT molecular complexity index is 644. The SMILES string of the molecule is CCNC(=NCC1(SC)CCOCC1)NC1CCc2nc(C(C)C)nn2C1.I. The fraction of sp³-hybridized carbons (Fsp3) is 0.842. The number of rotatable bonds is 6. The maximum Gasteiger partial charge on any atom is 0.191 e. The Labute approximate surface area is 190 Å². The second kappa shape index (κ2) is 11.0. The van der Waals surface area contributed by atoms with Crippen LogP contribution >= 0.6 is 35.7 Å². The number of aromatic nitrogens is 3. The molecule has 0 amide bonds. The van der Waals surface area contributed by atoms with Crippen LogP contribution in [0.1, 0.15) is 57.6 Å². The van der Waals surface area contributed by atoms with Crippen LogP contribution < -0.4 is 10.6 Å². The van der Waals surface area contributed by atoms with Crippen molar-refractivity contribution < 1.29 is 4.74 Å². The van der Waals surface area contributed by atoms with Crippen molar-refractivity contribution in [3.05, 3.63) is 11.6 Å². The molecule has 0 aliphatic carbocycles. The number of aliphatic imine (C=N–C) groups is 1. The molecule has 2 aliphatic rings. The molecule has 0 radical (unpaired) electrons. The Balaban J connectivity index is 0.00000280. The molecule has 1 saturated heterocycles. The number of hydrogen-bond donors (Lipinski definition) is 2. The third-order valence-corrected chi connectivity index (χ3v) is 6.84. The average Bonchev–Trinajstić information content (AvgIpc) is 3.11. The number of ether oxygens (including phenoxy) is 1. The number of nitrogens with one attached hydrogen (secondary N) is 2. The first kappa shape index (κ1) is 23.7. The van der Waals surface area contributed by atoms with Crippen LogP contribution in [0.5, 0.6) is 0 Å². The summed E-state index contributed by atoms with van der Waals surface area (Å²) in [7, 11) is 0. The molecule has 3 heterocycles. The number of fused-ring (bicyclic) bond motifs is 1. The summed E-state index contributed by atoms with van der Waals surface area (Å²) >= 11 is 1.93. The van der Waals surface area contributed by atoms with Gasteiger partial charge in [-0.2, -0.15) is 16.9 Å². The predicted molar refractivity (Wildman–Crippen MR) is 127 cm³/mol. The molecule has 1 fully saturated rings. The second-order valence-corrected chi connectivity index (χ2v) is 9.07. The normalized spacial score (nSPS) is 21.8. The van der Waals surface area contributed by atoms with Crippen LogP contribution in [-0.2, 0) is 17.7 Å². The fourth-order valence-electron chi connectivity index (χ4n) is 3.60. The Morgan fingerprint density at radius 2 is 2.14 bits per heavy atom. The highest BCUT2D eigenvalue weighted by Gasteiger charge is 2.32. The van der Waals surface area contributed by atoms with Crippen LogP contribution in [0.25, 0.3) is 0 Å². The van der Waals surface area contributed by atoms with E-state index in [0.717, 1.165) is 76.1 Å². The monoisotopic (exact) mass is 522 g/mol. The number of guanidine groups is 1. The topological polar surface area (TPSA) is 76.4 Å². The summed E-state index contributed by atoms with van der Waals surface area (Å²) in [5.74, 6) is 3.35. The molecule has 2 aliphatic heterocycles. The molecule has 3 rings (SSSR count). The van der Waals surface area contributed by atoms with Gasteiger partial charge in [0.05, 0.1) is 13.1 Å². The first-order chi connectivity index (χ1) is 13.0. The molecule has 0 bridgehead atoms. The fourth-order valence-corrected chi connectivity index (χ4v) is 4.37. The van der Waals surface area contributed by atoms with Gasteiger partial charge in [-0.3, -0.25) is 4.99 Å². The lowest BCUT2D eigenvalue weighted by Gasteiger charge is -2.34. The van der Waals surface area contributed by atoms with E-state index in [2.05, 4.69) is 52.4 Å². The molecule has 9 heteroatoms. The third-order valence-electron chi connectivity index (χ3n) is 5.44. The highest BCUT2D eigenvalue weighted by Crippen LogP contribution is 2.34. The summed E-state index contributed by atoms with van der Waals surface area (Å²) in [5.41, 5.74) is 0. The van der Waals surface area contributed by atoms with E-state index in [0.29, 0.717) is 12.0 Å². The molecule has 1 aromatic heterocycles. The summed E-state index contributed by atoms with van der Waals surface area (Å²) < 4.78 is 7.82. The van der Waals surface area contributed by atoms with Crippen molar-refractivity contribution in [2.24, 2.45) is 4.99 Å². The summed E-state index contributed by atoms with van der Waals surface area (Å²) in [5, 5.41) is 11.7. The van der Waals surface area contributed by atoms with E-state index in [1.165, 1.54) is 0 Å². The van der Waals surface area contributed by atoms with Gasteiger partial charge in [0.2, 0.25) is 0 Å². The standard InChI is InChI=1S/C19H34N6OS.HI/c1-5-20-18(21-13-19(27-4)8-10-26-11-9-19)22-15-6-7-16-23-17(14(2)3)24-25(16)12-15;/h14-15H,5-13H2,1-4H3,(H2,20,21,22);1H. The Morgan fingerprint density at radius 1 is 1.39 bits per heavy atom. The number of nitrogens with zero attached hydrogens (tertiary/aromatic N) is 4. The Morgan fingerprint density at radius 3 is 2.79 bits per heavy atom. The van der Waals surface area contributed by atoms with Gasteiger partial charge < -0.3 is 15.4 Å². The zero-order chi connectivity index (χ0) is 19.3. The highest BCUT2D eigenvalue weighted by molar-refractivity contribution is 14.0. The first-order valence-corrected chi connectivity index (χ1v) is 11.4. The molecule has 2 N–H and O–H groups in total. The number of aryl methyl sites for hydroxylation is 1.